The zero-order valence-corrected chi connectivity index (χ0v) is 9.17. The minimum atomic E-state index is -0.354. The first kappa shape index (κ1) is 9.97. The fourth-order valence-corrected chi connectivity index (χ4v) is 2.49. The van der Waals surface area contributed by atoms with Crippen LogP contribution in [0.4, 0.5) is 0 Å². The number of ether oxygens (including phenoxy) is 1. The number of hydrogen-bond acceptors (Lipinski definition) is 3. The first-order valence-corrected chi connectivity index (χ1v) is 5.31. The van der Waals surface area contributed by atoms with Crippen molar-refractivity contribution in [2.75, 3.05) is 0 Å². The minimum absolute atomic E-state index is 0.0237. The number of carbonyl (C=O) groups is 1. The maximum absolute atomic E-state index is 11.7. The van der Waals surface area contributed by atoms with Gasteiger partial charge in [0.2, 0.25) is 0 Å². The van der Waals surface area contributed by atoms with Crippen molar-refractivity contribution in [3.05, 3.63) is 0 Å². The molecule has 0 bridgehead atoms. The molecule has 2 N–H and O–H groups in total. The Kier molecular flexibility index (Phi) is 1.94. The molecule has 2 saturated carbocycles. The molecule has 0 aromatic heterocycles. The molecular formula is C11H19NO2. The highest BCUT2D eigenvalue weighted by molar-refractivity contribution is 5.77. The molecule has 1 unspecified atom stereocenters. The number of hydrogen-bond donors (Lipinski definition) is 1. The third kappa shape index (κ3) is 1.65. The summed E-state index contributed by atoms with van der Waals surface area (Å²) in [5.74, 6) is 0.117. The van der Waals surface area contributed by atoms with Crippen molar-refractivity contribution in [3.8, 4) is 0 Å². The molecule has 3 nitrogen and oxygen atoms in total. The van der Waals surface area contributed by atoms with Gasteiger partial charge in [0.05, 0.1) is 5.92 Å². The van der Waals surface area contributed by atoms with Crippen LogP contribution in [0.15, 0.2) is 0 Å². The van der Waals surface area contributed by atoms with E-state index in [1.807, 2.05) is 20.8 Å². The lowest BCUT2D eigenvalue weighted by Crippen LogP contribution is -2.40. The van der Waals surface area contributed by atoms with E-state index in [4.69, 9.17) is 10.5 Å². The maximum atomic E-state index is 11.7. The highest BCUT2D eigenvalue weighted by Gasteiger charge is 2.64. The summed E-state index contributed by atoms with van der Waals surface area (Å²) in [6.07, 6.45) is 3.02. The predicted octanol–water partition coefficient (Wildman–Crippen LogP) is 1.46. The summed E-state index contributed by atoms with van der Waals surface area (Å²) in [4.78, 5) is 11.7. The van der Waals surface area contributed by atoms with Gasteiger partial charge >= 0.3 is 5.97 Å². The molecule has 0 amide bonds. The van der Waals surface area contributed by atoms with Gasteiger partial charge in [-0.05, 0) is 45.4 Å². The first-order chi connectivity index (χ1) is 6.32. The Morgan fingerprint density at radius 2 is 1.93 bits per heavy atom. The second kappa shape index (κ2) is 2.72. The molecule has 3 heteroatoms. The molecular weight excluding hydrogens is 178 g/mol. The van der Waals surface area contributed by atoms with Crippen molar-refractivity contribution in [1.29, 1.82) is 0 Å². The van der Waals surface area contributed by atoms with E-state index >= 15 is 0 Å². The van der Waals surface area contributed by atoms with E-state index in [-0.39, 0.29) is 22.9 Å². The monoisotopic (exact) mass is 197 g/mol. The minimum Gasteiger partial charge on any atom is -0.460 e. The van der Waals surface area contributed by atoms with E-state index in [9.17, 15) is 4.79 Å². The second-order valence-electron chi connectivity index (χ2n) is 5.82. The Balaban J connectivity index is 1.85. The SMILES string of the molecule is CC(C)(C)OC(=O)C1CC12CC(N)C2. The normalized spacial score (nSPS) is 40.6. The molecule has 2 fully saturated rings. The van der Waals surface area contributed by atoms with Gasteiger partial charge in [-0.15, -0.1) is 0 Å². The average molecular weight is 197 g/mol. The van der Waals surface area contributed by atoms with Crippen molar-refractivity contribution in [3.63, 3.8) is 0 Å². The van der Waals surface area contributed by atoms with Gasteiger partial charge in [0.15, 0.2) is 0 Å². The van der Waals surface area contributed by atoms with Crippen LogP contribution in [0, 0.1) is 11.3 Å². The quantitative estimate of drug-likeness (QED) is 0.647. The van der Waals surface area contributed by atoms with Crippen LogP contribution in [0.3, 0.4) is 0 Å². The molecule has 2 aliphatic rings. The third-order valence-corrected chi connectivity index (χ3v) is 3.22. The topological polar surface area (TPSA) is 52.3 Å². The smallest absolute Gasteiger partial charge is 0.310 e. The average Bonchev–Trinajstić information content (AvgIpc) is 2.58. The summed E-state index contributed by atoms with van der Waals surface area (Å²) in [7, 11) is 0. The fourth-order valence-electron chi connectivity index (χ4n) is 2.49. The van der Waals surface area contributed by atoms with Crippen molar-refractivity contribution in [2.45, 2.75) is 51.7 Å². The number of rotatable bonds is 1. The van der Waals surface area contributed by atoms with Crippen LogP contribution in [-0.2, 0) is 9.53 Å². The molecule has 0 aromatic rings. The number of esters is 1. The standard InChI is InChI=1S/C11H19NO2/c1-10(2,3)14-9(13)8-6-11(8)4-7(12)5-11/h7-8H,4-6,12H2,1-3H3. The van der Waals surface area contributed by atoms with E-state index in [1.54, 1.807) is 0 Å². The van der Waals surface area contributed by atoms with E-state index < -0.39 is 0 Å². The molecule has 2 aliphatic carbocycles. The Hall–Kier alpha value is -0.570. The highest BCUT2D eigenvalue weighted by Crippen LogP contribution is 2.65. The molecule has 0 radical (unpaired) electrons. The molecule has 1 spiro atoms. The molecule has 0 aromatic carbocycles. The van der Waals surface area contributed by atoms with E-state index in [0.717, 1.165) is 19.3 Å². The van der Waals surface area contributed by atoms with Crippen LogP contribution in [0.25, 0.3) is 0 Å². The van der Waals surface area contributed by atoms with E-state index in [0.29, 0.717) is 6.04 Å². The van der Waals surface area contributed by atoms with E-state index in [2.05, 4.69) is 0 Å². The van der Waals surface area contributed by atoms with E-state index in [1.165, 1.54) is 0 Å². The molecule has 80 valence electrons. The molecule has 2 rings (SSSR count). The number of carbonyl (C=O) groups excluding carboxylic acids is 1. The van der Waals surface area contributed by atoms with Crippen molar-refractivity contribution in [2.24, 2.45) is 17.1 Å². The summed E-state index contributed by atoms with van der Waals surface area (Å²) in [6, 6.07) is 0.322. The zero-order valence-electron chi connectivity index (χ0n) is 9.17. The number of nitrogens with two attached hydrogens (primary N) is 1. The van der Waals surface area contributed by atoms with Crippen LogP contribution in [0.1, 0.15) is 40.0 Å². The molecule has 1 atom stereocenters. The zero-order chi connectivity index (χ0) is 10.6. The Labute approximate surface area is 85.0 Å². The Bertz CT molecular complexity index is 261. The summed E-state index contributed by atoms with van der Waals surface area (Å²) in [5.41, 5.74) is 5.63. The summed E-state index contributed by atoms with van der Waals surface area (Å²) >= 11 is 0. The second-order valence-corrected chi connectivity index (χ2v) is 5.82. The molecule has 14 heavy (non-hydrogen) atoms. The van der Waals surface area contributed by atoms with Gasteiger partial charge in [-0.25, -0.2) is 0 Å². The van der Waals surface area contributed by atoms with Crippen LogP contribution < -0.4 is 5.73 Å². The predicted molar refractivity (Wildman–Crippen MR) is 53.6 cm³/mol. The van der Waals surface area contributed by atoms with Gasteiger partial charge < -0.3 is 10.5 Å². The highest BCUT2D eigenvalue weighted by atomic mass is 16.6. The van der Waals surface area contributed by atoms with Crippen LogP contribution >= 0.6 is 0 Å². The van der Waals surface area contributed by atoms with Gasteiger partial charge in [0, 0.05) is 6.04 Å². The van der Waals surface area contributed by atoms with Crippen LogP contribution in [-0.4, -0.2) is 17.6 Å². The summed E-state index contributed by atoms with van der Waals surface area (Å²) < 4.78 is 5.35. The van der Waals surface area contributed by atoms with Crippen molar-refractivity contribution >= 4 is 5.97 Å². The summed E-state index contributed by atoms with van der Waals surface area (Å²) in [5, 5.41) is 0. The molecule has 0 saturated heterocycles. The maximum Gasteiger partial charge on any atom is 0.310 e. The van der Waals surface area contributed by atoms with Gasteiger partial charge in [0.25, 0.3) is 0 Å². The van der Waals surface area contributed by atoms with Gasteiger partial charge in [-0.2, -0.15) is 0 Å². The largest absolute Gasteiger partial charge is 0.460 e. The molecule has 0 heterocycles. The van der Waals surface area contributed by atoms with Gasteiger partial charge in [-0.1, -0.05) is 0 Å². The molecule has 0 aliphatic heterocycles. The summed E-state index contributed by atoms with van der Waals surface area (Å²) in [6.45, 7) is 5.73. The Morgan fingerprint density at radius 1 is 1.36 bits per heavy atom. The third-order valence-electron chi connectivity index (χ3n) is 3.22. The lowest BCUT2D eigenvalue weighted by molar-refractivity contribution is -0.158. The fraction of sp³-hybridized carbons (Fsp3) is 0.909. The lowest BCUT2D eigenvalue weighted by Gasteiger charge is -2.34. The van der Waals surface area contributed by atoms with Crippen LogP contribution in [0.5, 0.6) is 0 Å². The lowest BCUT2D eigenvalue weighted by atomic mass is 9.76. The first-order valence-electron chi connectivity index (χ1n) is 5.31. The van der Waals surface area contributed by atoms with Crippen molar-refractivity contribution in [1.82, 2.24) is 0 Å². The van der Waals surface area contributed by atoms with Gasteiger partial charge in [-0.3, -0.25) is 4.79 Å². The van der Waals surface area contributed by atoms with Crippen LogP contribution in [0.2, 0.25) is 0 Å². The van der Waals surface area contributed by atoms with Gasteiger partial charge in [0.1, 0.15) is 5.60 Å². The van der Waals surface area contributed by atoms with Crippen molar-refractivity contribution < 1.29 is 9.53 Å². The Morgan fingerprint density at radius 3 is 2.36 bits per heavy atom.